The molecule has 0 aromatic carbocycles. The first-order valence-electron chi connectivity index (χ1n) is 10.4. The molecule has 3 aliphatic heterocycles. The lowest BCUT2D eigenvalue weighted by Gasteiger charge is -2.35. The smallest absolute Gasteiger partial charge is 0.281 e. The fourth-order valence-corrected chi connectivity index (χ4v) is 5.81. The van der Waals surface area contributed by atoms with Gasteiger partial charge in [0, 0.05) is 51.7 Å². The number of nitrogens with one attached hydrogen (secondary N) is 1. The molecule has 156 valence electrons. The topological polar surface area (TPSA) is 82.2 Å². The van der Waals surface area contributed by atoms with Gasteiger partial charge in [0.2, 0.25) is 5.91 Å². The zero-order valence-corrected chi connectivity index (χ0v) is 17.1. The van der Waals surface area contributed by atoms with Crippen molar-refractivity contribution in [1.82, 2.24) is 18.8 Å². The molecule has 27 heavy (non-hydrogen) atoms. The summed E-state index contributed by atoms with van der Waals surface area (Å²) in [6.45, 7) is 7.36. The third-order valence-corrected chi connectivity index (χ3v) is 7.88. The SMILES string of the molecule is O=C(NCCCN1CCOCC1)C1CCN(S(=O)(=O)N2CCCCC2)CC1. The zero-order chi connectivity index (χ0) is 19.1. The highest BCUT2D eigenvalue weighted by molar-refractivity contribution is 7.86. The van der Waals surface area contributed by atoms with Gasteiger partial charge in [-0.3, -0.25) is 9.69 Å². The van der Waals surface area contributed by atoms with Gasteiger partial charge in [-0.1, -0.05) is 6.42 Å². The van der Waals surface area contributed by atoms with E-state index in [4.69, 9.17) is 4.74 Å². The van der Waals surface area contributed by atoms with Gasteiger partial charge in [0.15, 0.2) is 0 Å². The van der Waals surface area contributed by atoms with Crippen LogP contribution in [0.4, 0.5) is 0 Å². The van der Waals surface area contributed by atoms with Crippen LogP contribution >= 0.6 is 0 Å². The molecule has 0 radical (unpaired) electrons. The fraction of sp³-hybridized carbons (Fsp3) is 0.944. The lowest BCUT2D eigenvalue weighted by atomic mass is 9.97. The summed E-state index contributed by atoms with van der Waals surface area (Å²) in [5.41, 5.74) is 0. The predicted octanol–water partition coefficient (Wildman–Crippen LogP) is 0.268. The van der Waals surface area contributed by atoms with Crippen LogP contribution < -0.4 is 5.32 Å². The number of morpholine rings is 1. The molecule has 0 aliphatic carbocycles. The van der Waals surface area contributed by atoms with Crippen LogP contribution in [0.3, 0.4) is 0 Å². The largest absolute Gasteiger partial charge is 0.379 e. The highest BCUT2D eigenvalue weighted by atomic mass is 32.2. The predicted molar refractivity (Wildman–Crippen MR) is 104 cm³/mol. The number of hydrogen-bond acceptors (Lipinski definition) is 5. The van der Waals surface area contributed by atoms with Crippen LogP contribution in [0.2, 0.25) is 0 Å². The van der Waals surface area contributed by atoms with Crippen molar-refractivity contribution in [1.29, 1.82) is 0 Å². The number of hydrogen-bond donors (Lipinski definition) is 1. The van der Waals surface area contributed by atoms with E-state index in [0.29, 0.717) is 45.6 Å². The Kier molecular flexibility index (Phi) is 7.89. The first kappa shape index (κ1) is 21.0. The molecule has 8 nitrogen and oxygen atoms in total. The van der Waals surface area contributed by atoms with Crippen molar-refractivity contribution in [2.75, 3.05) is 65.6 Å². The molecule has 3 heterocycles. The molecule has 0 atom stereocenters. The normalized spacial score (nSPS) is 24.7. The highest BCUT2D eigenvalue weighted by Crippen LogP contribution is 2.23. The molecule has 9 heteroatoms. The Morgan fingerprint density at radius 1 is 0.926 bits per heavy atom. The van der Waals surface area contributed by atoms with Crippen LogP contribution in [0.5, 0.6) is 0 Å². The molecule has 3 rings (SSSR count). The van der Waals surface area contributed by atoms with Gasteiger partial charge in [0.25, 0.3) is 10.2 Å². The molecule has 3 saturated heterocycles. The molecule has 0 saturated carbocycles. The van der Waals surface area contributed by atoms with E-state index in [1.165, 1.54) is 0 Å². The first-order valence-corrected chi connectivity index (χ1v) is 11.8. The van der Waals surface area contributed by atoms with Crippen molar-refractivity contribution < 1.29 is 17.9 Å². The summed E-state index contributed by atoms with van der Waals surface area (Å²) in [5.74, 6) is 0.00758. The summed E-state index contributed by atoms with van der Waals surface area (Å²) >= 11 is 0. The molecular formula is C18H34N4O4S. The Balaban J connectivity index is 1.35. The van der Waals surface area contributed by atoms with Gasteiger partial charge < -0.3 is 10.1 Å². The van der Waals surface area contributed by atoms with Crippen LogP contribution in [0.25, 0.3) is 0 Å². The van der Waals surface area contributed by atoms with Gasteiger partial charge in [0.1, 0.15) is 0 Å². The summed E-state index contributed by atoms with van der Waals surface area (Å²) in [7, 11) is -3.35. The second-order valence-electron chi connectivity index (χ2n) is 7.74. The highest BCUT2D eigenvalue weighted by Gasteiger charge is 2.35. The van der Waals surface area contributed by atoms with E-state index in [0.717, 1.165) is 58.5 Å². The van der Waals surface area contributed by atoms with Crippen molar-refractivity contribution in [3.63, 3.8) is 0 Å². The van der Waals surface area contributed by atoms with Crippen molar-refractivity contribution in [3.05, 3.63) is 0 Å². The molecule has 0 aromatic rings. The Morgan fingerprint density at radius 3 is 2.22 bits per heavy atom. The maximum atomic E-state index is 12.7. The summed E-state index contributed by atoms with van der Waals surface area (Å²) in [5, 5.41) is 3.03. The van der Waals surface area contributed by atoms with Gasteiger partial charge in [-0.2, -0.15) is 17.0 Å². The number of nitrogens with zero attached hydrogens (tertiary/aromatic N) is 3. The summed E-state index contributed by atoms with van der Waals surface area (Å²) in [4.78, 5) is 14.7. The van der Waals surface area contributed by atoms with Gasteiger partial charge in [-0.15, -0.1) is 0 Å². The Morgan fingerprint density at radius 2 is 1.56 bits per heavy atom. The van der Waals surface area contributed by atoms with Crippen molar-refractivity contribution >= 4 is 16.1 Å². The number of rotatable bonds is 7. The van der Waals surface area contributed by atoms with Crippen LogP contribution in [0.1, 0.15) is 38.5 Å². The number of amides is 1. The monoisotopic (exact) mass is 402 g/mol. The lowest BCUT2D eigenvalue weighted by molar-refractivity contribution is -0.126. The van der Waals surface area contributed by atoms with E-state index in [1.807, 2.05) is 0 Å². The van der Waals surface area contributed by atoms with Gasteiger partial charge in [-0.25, -0.2) is 0 Å². The molecule has 3 aliphatic rings. The Bertz CT molecular complexity index is 566. The minimum atomic E-state index is -3.35. The molecule has 0 aromatic heterocycles. The molecule has 3 fully saturated rings. The average Bonchev–Trinajstić information content (AvgIpc) is 2.72. The third-order valence-electron chi connectivity index (χ3n) is 5.85. The van der Waals surface area contributed by atoms with Gasteiger partial charge >= 0.3 is 0 Å². The van der Waals surface area contributed by atoms with E-state index in [-0.39, 0.29) is 11.8 Å². The van der Waals surface area contributed by atoms with E-state index >= 15 is 0 Å². The fourth-order valence-electron chi connectivity index (χ4n) is 4.09. The van der Waals surface area contributed by atoms with E-state index < -0.39 is 10.2 Å². The van der Waals surface area contributed by atoms with Crippen LogP contribution in [-0.2, 0) is 19.7 Å². The maximum absolute atomic E-state index is 12.7. The molecule has 0 unspecified atom stereocenters. The Labute approximate surface area is 163 Å². The second-order valence-corrected chi connectivity index (χ2v) is 9.67. The number of piperidine rings is 2. The van der Waals surface area contributed by atoms with Gasteiger partial charge in [0.05, 0.1) is 13.2 Å². The Hall–Kier alpha value is -0.740. The van der Waals surface area contributed by atoms with Crippen LogP contribution in [0.15, 0.2) is 0 Å². The molecule has 0 bridgehead atoms. The number of carbonyl (C=O) groups is 1. The minimum absolute atomic E-state index is 0.0683. The minimum Gasteiger partial charge on any atom is -0.379 e. The summed E-state index contributed by atoms with van der Waals surface area (Å²) in [6, 6.07) is 0. The maximum Gasteiger partial charge on any atom is 0.281 e. The first-order chi connectivity index (χ1) is 13.1. The average molecular weight is 403 g/mol. The quantitative estimate of drug-likeness (QED) is 0.618. The molecule has 1 amide bonds. The molecule has 0 spiro atoms. The molecule has 1 N–H and O–H groups in total. The summed E-state index contributed by atoms with van der Waals surface area (Å²) in [6.07, 6.45) is 5.17. The second kappa shape index (κ2) is 10.2. The number of ether oxygens (including phenoxy) is 1. The van der Waals surface area contributed by atoms with Gasteiger partial charge in [-0.05, 0) is 38.6 Å². The molecular weight excluding hydrogens is 368 g/mol. The number of carbonyl (C=O) groups excluding carboxylic acids is 1. The van der Waals surface area contributed by atoms with Crippen molar-refractivity contribution in [3.8, 4) is 0 Å². The zero-order valence-electron chi connectivity index (χ0n) is 16.3. The van der Waals surface area contributed by atoms with Crippen molar-refractivity contribution in [2.24, 2.45) is 5.92 Å². The van der Waals surface area contributed by atoms with E-state index in [1.54, 1.807) is 8.61 Å². The van der Waals surface area contributed by atoms with Crippen molar-refractivity contribution in [2.45, 2.75) is 38.5 Å². The summed E-state index contributed by atoms with van der Waals surface area (Å²) < 4.78 is 33.9. The van der Waals surface area contributed by atoms with Crippen LogP contribution in [0, 0.1) is 5.92 Å². The van der Waals surface area contributed by atoms with E-state index in [9.17, 15) is 13.2 Å². The lowest BCUT2D eigenvalue weighted by Crippen LogP contribution is -2.50. The van der Waals surface area contributed by atoms with Crippen LogP contribution in [-0.4, -0.2) is 93.4 Å². The van der Waals surface area contributed by atoms with E-state index in [2.05, 4.69) is 10.2 Å². The third kappa shape index (κ3) is 5.87. The standard InChI is InChI=1S/C18H34N4O4S/c23-18(19-7-4-8-20-13-15-26-16-14-20)17-5-11-22(12-6-17)27(24,25)21-9-2-1-3-10-21/h17H,1-16H2,(H,19,23).